The van der Waals surface area contributed by atoms with Gasteiger partial charge in [-0.1, -0.05) is 0 Å². The molecule has 2 aromatic rings. The molecule has 0 bridgehead atoms. The monoisotopic (exact) mass is 376 g/mol. The molecule has 0 radical (unpaired) electrons. The third-order valence-electron chi connectivity index (χ3n) is 4.29. The fraction of sp³-hybridized carbons (Fsp3) is 0.500. The molecule has 8 heteroatoms. The zero-order chi connectivity index (χ0) is 18.7. The van der Waals surface area contributed by atoms with Crippen molar-refractivity contribution in [1.29, 1.82) is 0 Å². The summed E-state index contributed by atoms with van der Waals surface area (Å²) in [7, 11) is 0. The molecule has 0 saturated carbocycles. The number of aromatic nitrogens is 1. The molecule has 3 heterocycles. The summed E-state index contributed by atoms with van der Waals surface area (Å²) < 4.78 is 5.13. The van der Waals surface area contributed by atoms with Crippen molar-refractivity contribution in [3.63, 3.8) is 0 Å². The van der Waals surface area contributed by atoms with Gasteiger partial charge in [0.1, 0.15) is 5.69 Å². The lowest BCUT2D eigenvalue weighted by Gasteiger charge is -2.23. The van der Waals surface area contributed by atoms with E-state index < -0.39 is 0 Å². The van der Waals surface area contributed by atoms with Crippen molar-refractivity contribution in [2.45, 2.75) is 51.9 Å². The highest BCUT2D eigenvalue weighted by Gasteiger charge is 2.37. The Balaban J connectivity index is 1.68. The first-order chi connectivity index (χ1) is 12.4. The van der Waals surface area contributed by atoms with E-state index in [2.05, 4.69) is 20.5 Å². The fourth-order valence-corrected chi connectivity index (χ4v) is 3.77. The Morgan fingerprint density at radius 1 is 1.46 bits per heavy atom. The molecule has 2 N–H and O–H groups in total. The molecule has 2 amide bonds. The molecule has 0 spiro atoms. The first-order valence-corrected chi connectivity index (χ1v) is 9.59. The third-order valence-corrected chi connectivity index (χ3v) is 5.06. The van der Waals surface area contributed by atoms with Gasteiger partial charge in [0.25, 0.3) is 5.91 Å². The van der Waals surface area contributed by atoms with Crippen LogP contribution in [-0.2, 0) is 11.3 Å². The van der Waals surface area contributed by atoms with Crippen molar-refractivity contribution in [1.82, 2.24) is 20.5 Å². The van der Waals surface area contributed by atoms with Gasteiger partial charge in [-0.25, -0.2) is 4.98 Å². The molecule has 0 aromatic carbocycles. The van der Waals surface area contributed by atoms with E-state index in [0.29, 0.717) is 25.2 Å². The van der Waals surface area contributed by atoms with Gasteiger partial charge in [0, 0.05) is 36.1 Å². The van der Waals surface area contributed by atoms with E-state index in [1.165, 1.54) is 11.3 Å². The molecule has 2 unspecified atom stereocenters. The molecule has 7 nitrogen and oxygen atoms in total. The highest BCUT2D eigenvalue weighted by atomic mass is 32.1. The lowest BCUT2D eigenvalue weighted by atomic mass is 10.1. The summed E-state index contributed by atoms with van der Waals surface area (Å²) in [5.41, 5.74) is 1.44. The number of hydrogen-bond donors (Lipinski definition) is 2. The summed E-state index contributed by atoms with van der Waals surface area (Å²) in [6.07, 6.45) is 3.88. The Bertz CT molecular complexity index is 756. The second-order valence-corrected chi connectivity index (χ2v) is 7.96. The summed E-state index contributed by atoms with van der Waals surface area (Å²) in [4.78, 5) is 31.3. The number of nitrogens with zero attached hydrogens (tertiary/aromatic N) is 2. The Morgan fingerprint density at radius 2 is 2.27 bits per heavy atom. The third kappa shape index (κ3) is 4.50. The van der Waals surface area contributed by atoms with E-state index in [4.69, 9.17) is 4.42 Å². The maximum Gasteiger partial charge on any atom is 0.271 e. The largest absolute Gasteiger partial charge is 0.472 e. The average molecular weight is 376 g/mol. The van der Waals surface area contributed by atoms with E-state index >= 15 is 0 Å². The molecular formula is C18H24N4O3S. The highest BCUT2D eigenvalue weighted by Crippen LogP contribution is 2.22. The zero-order valence-electron chi connectivity index (χ0n) is 15.2. The number of carbonyl (C=O) groups is 2. The van der Waals surface area contributed by atoms with E-state index in [1.54, 1.807) is 17.9 Å². The van der Waals surface area contributed by atoms with Crippen LogP contribution in [0.5, 0.6) is 0 Å². The van der Waals surface area contributed by atoms with Crippen LogP contribution in [-0.4, -0.2) is 46.4 Å². The molecule has 1 aliphatic heterocycles. The van der Waals surface area contributed by atoms with E-state index in [-0.39, 0.29) is 29.9 Å². The van der Waals surface area contributed by atoms with Crippen molar-refractivity contribution in [2.75, 3.05) is 6.54 Å². The van der Waals surface area contributed by atoms with Crippen LogP contribution in [0.1, 0.15) is 41.3 Å². The topological polar surface area (TPSA) is 87.5 Å². The van der Waals surface area contributed by atoms with Crippen molar-refractivity contribution in [2.24, 2.45) is 0 Å². The predicted molar refractivity (Wildman–Crippen MR) is 98.9 cm³/mol. The summed E-state index contributed by atoms with van der Waals surface area (Å²) in [5, 5.41) is 8.61. The summed E-state index contributed by atoms with van der Waals surface area (Å²) >= 11 is 1.45. The van der Waals surface area contributed by atoms with Crippen molar-refractivity contribution < 1.29 is 14.0 Å². The van der Waals surface area contributed by atoms with E-state index in [1.807, 2.05) is 26.8 Å². The van der Waals surface area contributed by atoms with Gasteiger partial charge >= 0.3 is 0 Å². The normalized spacial score (nSPS) is 20.5. The maximum absolute atomic E-state index is 12.6. The average Bonchev–Trinajstić information content (AvgIpc) is 3.28. The quantitative estimate of drug-likeness (QED) is 0.805. The zero-order valence-corrected chi connectivity index (χ0v) is 16.0. The molecule has 1 saturated heterocycles. The highest BCUT2D eigenvalue weighted by molar-refractivity contribution is 7.09. The molecule has 1 aliphatic rings. The van der Waals surface area contributed by atoms with Crippen LogP contribution in [0.2, 0.25) is 0 Å². The maximum atomic E-state index is 12.6. The number of rotatable bonds is 6. The van der Waals surface area contributed by atoms with Gasteiger partial charge in [-0.15, -0.1) is 11.3 Å². The lowest BCUT2D eigenvalue weighted by molar-refractivity contribution is -0.126. The number of carbonyl (C=O) groups excluding carboxylic acids is 2. The van der Waals surface area contributed by atoms with Crippen LogP contribution in [0.15, 0.2) is 28.4 Å². The van der Waals surface area contributed by atoms with Crippen molar-refractivity contribution in [3.05, 3.63) is 40.2 Å². The molecule has 2 atom stereocenters. The van der Waals surface area contributed by atoms with Crippen LogP contribution in [0.25, 0.3) is 0 Å². The van der Waals surface area contributed by atoms with Crippen LogP contribution in [0.4, 0.5) is 0 Å². The minimum atomic E-state index is -0.283. The fourth-order valence-electron chi connectivity index (χ4n) is 3.18. The number of furan rings is 1. The molecule has 0 aliphatic carbocycles. The van der Waals surface area contributed by atoms with Gasteiger partial charge in [0.2, 0.25) is 5.91 Å². The van der Waals surface area contributed by atoms with Gasteiger partial charge in [0.15, 0.2) is 0 Å². The van der Waals surface area contributed by atoms with E-state index in [0.717, 1.165) is 10.6 Å². The van der Waals surface area contributed by atoms with Gasteiger partial charge in [-0.05, 0) is 33.3 Å². The Hall–Kier alpha value is -2.19. The number of aryl methyl sites for hydroxylation is 1. The molecule has 26 heavy (non-hydrogen) atoms. The summed E-state index contributed by atoms with van der Waals surface area (Å²) in [5.74, 6) is -0.197. The SMILES string of the molecule is Cc1nc(C(=O)NC2CC(C(=O)NC(C)C)N(Cc3ccoc3)C2)cs1. The van der Waals surface area contributed by atoms with Crippen LogP contribution in [0.3, 0.4) is 0 Å². The summed E-state index contributed by atoms with van der Waals surface area (Å²) in [6.45, 7) is 6.97. The van der Waals surface area contributed by atoms with Gasteiger partial charge in [-0.3, -0.25) is 14.5 Å². The standard InChI is InChI=1S/C18H24N4O3S/c1-11(2)19-18(24)16-6-14(8-22(16)7-13-4-5-25-9-13)21-17(23)15-10-26-12(3)20-15/h4-5,9-11,14,16H,6-8H2,1-3H3,(H,19,24)(H,21,23). The molecule has 1 fully saturated rings. The van der Waals surface area contributed by atoms with Gasteiger partial charge in [0.05, 0.1) is 23.6 Å². The predicted octanol–water partition coefficient (Wildman–Crippen LogP) is 1.94. The Labute approximate surface area is 156 Å². The van der Waals surface area contributed by atoms with Gasteiger partial charge in [-0.2, -0.15) is 0 Å². The molecular weight excluding hydrogens is 352 g/mol. The number of likely N-dealkylation sites (tertiary alicyclic amines) is 1. The van der Waals surface area contributed by atoms with Gasteiger partial charge < -0.3 is 15.1 Å². The number of hydrogen-bond acceptors (Lipinski definition) is 6. The number of thiazole rings is 1. The van der Waals surface area contributed by atoms with E-state index in [9.17, 15) is 9.59 Å². The summed E-state index contributed by atoms with van der Waals surface area (Å²) in [6, 6.07) is 1.58. The molecule has 140 valence electrons. The number of nitrogens with one attached hydrogen (secondary N) is 2. The Morgan fingerprint density at radius 3 is 2.88 bits per heavy atom. The Kier molecular flexibility index (Phi) is 5.73. The van der Waals surface area contributed by atoms with Crippen molar-refractivity contribution in [3.8, 4) is 0 Å². The smallest absolute Gasteiger partial charge is 0.271 e. The molecule has 2 aromatic heterocycles. The van der Waals surface area contributed by atoms with Crippen molar-refractivity contribution >= 4 is 23.2 Å². The minimum Gasteiger partial charge on any atom is -0.472 e. The second kappa shape index (κ2) is 8.01. The first kappa shape index (κ1) is 18.6. The number of amides is 2. The van der Waals surface area contributed by atoms with Crippen LogP contribution < -0.4 is 10.6 Å². The van der Waals surface area contributed by atoms with Crippen LogP contribution in [0, 0.1) is 6.92 Å². The minimum absolute atomic E-state index is 0.00949. The molecule has 3 rings (SSSR count). The lowest BCUT2D eigenvalue weighted by Crippen LogP contribution is -2.45. The first-order valence-electron chi connectivity index (χ1n) is 8.71. The van der Waals surface area contributed by atoms with Crippen LogP contribution >= 0.6 is 11.3 Å². The second-order valence-electron chi connectivity index (χ2n) is 6.90.